The number of ether oxygens (including phenoxy) is 4. The molecule has 2 amide bonds. The molecule has 0 atom stereocenters. The number of hydrogen-bond acceptors (Lipinski definition) is 6. The summed E-state index contributed by atoms with van der Waals surface area (Å²) in [5, 5.41) is 6.00. The van der Waals surface area contributed by atoms with Gasteiger partial charge in [-0.15, -0.1) is 0 Å². The number of likely N-dealkylation sites (N-methyl/N-ethyl adjacent to an activating group) is 2. The number of hydrogen-bond donors (Lipinski definition) is 2. The molecule has 0 aliphatic heterocycles. The van der Waals surface area contributed by atoms with Crippen LogP contribution >= 0.6 is 0 Å². The van der Waals surface area contributed by atoms with Gasteiger partial charge in [-0.3, -0.25) is 9.59 Å². The van der Waals surface area contributed by atoms with Crippen LogP contribution in [0.25, 0.3) is 0 Å². The van der Waals surface area contributed by atoms with Crippen LogP contribution in [0.5, 0.6) is 23.0 Å². The lowest BCUT2D eigenvalue weighted by atomic mass is 10.1. The van der Waals surface area contributed by atoms with Gasteiger partial charge in [-0.2, -0.15) is 0 Å². The Morgan fingerprint density at radius 3 is 1.37 bits per heavy atom. The lowest BCUT2D eigenvalue weighted by molar-refractivity contribution is -0.923. The molecule has 0 spiro atoms. The van der Waals surface area contributed by atoms with Gasteiger partial charge in [0.15, 0.2) is 23.0 Å². The van der Waals surface area contributed by atoms with E-state index in [2.05, 4.69) is 105 Å². The maximum Gasteiger partial charge on any atom is 0.220 e. The van der Waals surface area contributed by atoms with Gasteiger partial charge in [-0.1, -0.05) is 64.1 Å². The number of benzene rings is 2. The Balaban J connectivity index is 0.000000593. The highest BCUT2D eigenvalue weighted by Crippen LogP contribution is 2.29. The molecule has 10 nitrogen and oxygen atoms in total. The molecule has 0 aliphatic rings. The molecule has 0 fully saturated rings. The van der Waals surface area contributed by atoms with Gasteiger partial charge >= 0.3 is 0 Å². The summed E-state index contributed by atoms with van der Waals surface area (Å²) in [5.74, 6) is 4.28. The first-order valence-corrected chi connectivity index (χ1v) is 22.2. The van der Waals surface area contributed by atoms with Crippen molar-refractivity contribution >= 4 is 11.8 Å². The normalized spacial score (nSPS) is 11.8. The Morgan fingerprint density at radius 2 is 1.02 bits per heavy atom. The van der Waals surface area contributed by atoms with E-state index in [0.29, 0.717) is 62.5 Å². The van der Waals surface area contributed by atoms with Crippen LogP contribution in [0.1, 0.15) is 111 Å². The Kier molecular flexibility index (Phi) is 27.0. The van der Waals surface area contributed by atoms with Crippen molar-refractivity contribution in [2.24, 2.45) is 11.8 Å². The van der Waals surface area contributed by atoms with Crippen LogP contribution in [-0.2, 0) is 22.7 Å². The number of unbranched alkanes of at least 4 members (excludes halogenated alkanes) is 4. The molecule has 0 bridgehead atoms. The van der Waals surface area contributed by atoms with Crippen molar-refractivity contribution < 1.29 is 37.5 Å². The molecule has 2 aromatic carbocycles. The predicted molar refractivity (Wildman–Crippen MR) is 245 cm³/mol. The Bertz CT molecular complexity index is 1500. The highest BCUT2D eigenvalue weighted by atomic mass is 16.5. The van der Waals surface area contributed by atoms with Crippen molar-refractivity contribution in [3.05, 3.63) is 71.8 Å². The van der Waals surface area contributed by atoms with Crippen molar-refractivity contribution in [3.8, 4) is 23.0 Å². The molecule has 2 N–H and O–H groups in total. The molecule has 0 aliphatic carbocycles. The topological polar surface area (TPSA) is 95.1 Å². The van der Waals surface area contributed by atoms with Crippen LogP contribution in [0.2, 0.25) is 0 Å². The van der Waals surface area contributed by atoms with E-state index < -0.39 is 0 Å². The zero-order valence-electron chi connectivity index (χ0n) is 39.3. The number of nitrogens with one attached hydrogen (secondary N) is 2. The minimum Gasteiger partial charge on any atom is -0.493 e. The molecule has 59 heavy (non-hydrogen) atoms. The monoisotopic (exact) mass is 825 g/mol. The van der Waals surface area contributed by atoms with E-state index in [9.17, 15) is 9.59 Å². The van der Waals surface area contributed by atoms with Crippen LogP contribution in [0.4, 0.5) is 0 Å². The van der Waals surface area contributed by atoms with Gasteiger partial charge in [0.2, 0.25) is 11.8 Å². The number of carbonyl (C=O) groups is 2. The molecule has 2 rings (SSSR count). The zero-order valence-corrected chi connectivity index (χ0v) is 39.3. The first kappa shape index (κ1) is 53.0. The lowest BCUT2D eigenvalue weighted by Gasteiger charge is -2.35. The fourth-order valence-electron chi connectivity index (χ4n) is 6.22. The SMILES string of the molecule is CC[N+](CC)(CC)CCOc1ccc(CNC(=O)CCCC/C=C/C(C)C)cc1OC.COc1cc(CNC(=O)CCCC/C=C/C(C)C)ccc1OCC[N+](C)(C)C. The summed E-state index contributed by atoms with van der Waals surface area (Å²) in [6.45, 7) is 22.9. The number of amides is 2. The standard InChI is InChI=1S/C26H44N2O3.C23H38N2O3/c1-7-28(8-2,9-3)18-19-31-24-17-16-23(20-25(24)30-6)21-27-26(29)15-13-11-10-12-14-22(4)5;1-19(2)11-9-7-8-10-12-23(26)24-18-20-13-14-21(22(17-20)27-6)28-16-15-25(3,4)5/h12,14,16-17,20,22H,7-11,13,15,18-19,21H2,1-6H3;9,11,13-14,17,19H,7-8,10,12,15-16,18H2,1-6H3/p+2/b14-12+;11-9+. The van der Waals surface area contributed by atoms with Crippen molar-refractivity contribution in [2.75, 3.05) is 81.3 Å². The first-order chi connectivity index (χ1) is 28.1. The molecule has 0 aromatic heterocycles. The van der Waals surface area contributed by atoms with Gasteiger partial charge in [0.1, 0.15) is 26.3 Å². The minimum absolute atomic E-state index is 0.0927. The third-order valence-electron chi connectivity index (χ3n) is 10.4. The molecule has 0 heterocycles. The van der Waals surface area contributed by atoms with E-state index in [1.54, 1.807) is 14.2 Å². The number of quaternary nitrogens is 2. The molecule has 334 valence electrons. The van der Waals surface area contributed by atoms with Crippen LogP contribution in [0.15, 0.2) is 60.7 Å². The fourth-order valence-corrected chi connectivity index (χ4v) is 6.22. The molecular weight excluding hydrogens is 741 g/mol. The van der Waals surface area contributed by atoms with Crippen LogP contribution in [0.3, 0.4) is 0 Å². The van der Waals surface area contributed by atoms with E-state index in [-0.39, 0.29) is 11.8 Å². The Morgan fingerprint density at radius 1 is 0.610 bits per heavy atom. The zero-order chi connectivity index (χ0) is 44.1. The van der Waals surface area contributed by atoms with Gasteiger partial charge in [-0.25, -0.2) is 0 Å². The first-order valence-electron chi connectivity index (χ1n) is 22.2. The van der Waals surface area contributed by atoms with Crippen molar-refractivity contribution in [1.82, 2.24) is 10.6 Å². The number of carbonyl (C=O) groups excluding carboxylic acids is 2. The van der Waals surface area contributed by atoms with E-state index >= 15 is 0 Å². The second kappa shape index (κ2) is 30.1. The lowest BCUT2D eigenvalue weighted by Crippen LogP contribution is -2.49. The second-order valence-electron chi connectivity index (χ2n) is 17.1. The molecule has 10 heteroatoms. The maximum atomic E-state index is 12.1. The van der Waals surface area contributed by atoms with Crippen LogP contribution in [0, 0.1) is 11.8 Å². The third kappa shape index (κ3) is 24.6. The third-order valence-corrected chi connectivity index (χ3v) is 10.4. The van der Waals surface area contributed by atoms with Crippen molar-refractivity contribution in [2.45, 2.75) is 113 Å². The number of allylic oxidation sites excluding steroid dienone is 4. The maximum absolute atomic E-state index is 12.1. The summed E-state index contributed by atoms with van der Waals surface area (Å²) in [7, 11) is 9.69. The summed E-state index contributed by atoms with van der Waals surface area (Å²) >= 11 is 0. The Hall–Kier alpha value is -4.02. The van der Waals surface area contributed by atoms with E-state index in [1.807, 2.05) is 36.4 Å². The number of nitrogens with zero attached hydrogens (tertiary/aromatic N) is 2. The van der Waals surface area contributed by atoms with E-state index in [0.717, 1.165) is 103 Å². The van der Waals surface area contributed by atoms with Gasteiger partial charge in [0.25, 0.3) is 0 Å². The largest absolute Gasteiger partial charge is 0.493 e. The number of methoxy groups -OCH3 is 2. The smallest absolute Gasteiger partial charge is 0.220 e. The average Bonchev–Trinajstić information content (AvgIpc) is 3.20. The summed E-state index contributed by atoms with van der Waals surface area (Å²) in [6.07, 6.45) is 16.0. The minimum atomic E-state index is 0.0927. The summed E-state index contributed by atoms with van der Waals surface area (Å²) < 4.78 is 24.8. The molecule has 0 unspecified atom stereocenters. The molecule has 0 saturated heterocycles. The van der Waals surface area contributed by atoms with E-state index in [1.165, 1.54) is 0 Å². The second-order valence-corrected chi connectivity index (χ2v) is 17.1. The van der Waals surface area contributed by atoms with Gasteiger partial charge in [-0.05, 0) is 107 Å². The van der Waals surface area contributed by atoms with Crippen molar-refractivity contribution in [3.63, 3.8) is 0 Å². The highest BCUT2D eigenvalue weighted by molar-refractivity contribution is 5.76. The summed E-state index contributed by atoms with van der Waals surface area (Å²) in [6, 6.07) is 11.7. The quantitative estimate of drug-likeness (QED) is 0.0483. The van der Waals surface area contributed by atoms with Gasteiger partial charge in [0, 0.05) is 25.9 Å². The molecule has 2 aromatic rings. The number of rotatable bonds is 29. The highest BCUT2D eigenvalue weighted by Gasteiger charge is 2.21. The Labute approximate surface area is 359 Å². The van der Waals surface area contributed by atoms with Crippen LogP contribution in [-0.4, -0.2) is 102 Å². The molecule has 0 radical (unpaired) electrons. The van der Waals surface area contributed by atoms with Crippen molar-refractivity contribution in [1.29, 1.82) is 0 Å². The molecule has 0 saturated carbocycles. The van der Waals surface area contributed by atoms with E-state index in [4.69, 9.17) is 18.9 Å². The fraction of sp³-hybridized carbons (Fsp3) is 0.633. The molecular formula is C49H84N4O6+2. The average molecular weight is 825 g/mol. The van der Waals surface area contributed by atoms with Gasteiger partial charge in [0.05, 0.1) is 55.0 Å². The summed E-state index contributed by atoms with van der Waals surface area (Å²) in [5.41, 5.74) is 2.02. The van der Waals surface area contributed by atoms with Crippen LogP contribution < -0.4 is 29.6 Å². The predicted octanol–water partition coefficient (Wildman–Crippen LogP) is 9.51. The summed E-state index contributed by atoms with van der Waals surface area (Å²) in [4.78, 5) is 24.1. The van der Waals surface area contributed by atoms with Gasteiger partial charge < -0.3 is 38.5 Å².